The zero-order chi connectivity index (χ0) is 11.1. The molecule has 6 heteroatoms. The van der Waals surface area contributed by atoms with E-state index < -0.39 is 38.3 Å². The highest BCUT2D eigenvalue weighted by atomic mass is 16.4. The highest BCUT2D eigenvalue weighted by molar-refractivity contribution is 5.88. The van der Waals surface area contributed by atoms with Crippen LogP contribution in [0.5, 0.6) is 0 Å². The molecule has 0 aromatic heterocycles. The van der Waals surface area contributed by atoms with Gasteiger partial charge in [0.2, 0.25) is 0 Å². The molecule has 0 atom stereocenters. The molecule has 0 radical (unpaired) electrons. The van der Waals surface area contributed by atoms with Crippen LogP contribution in [0.15, 0.2) is 11.1 Å². The lowest BCUT2D eigenvalue weighted by molar-refractivity contribution is -0.133. The van der Waals surface area contributed by atoms with E-state index in [1.807, 2.05) is 0 Å². The van der Waals surface area contributed by atoms with E-state index in [2.05, 4.69) is 0 Å². The number of carboxylic acids is 1. The van der Waals surface area contributed by atoms with Crippen LogP contribution in [-0.4, -0.2) is 57.9 Å². The summed E-state index contributed by atoms with van der Waals surface area (Å²) in [6, 6.07) is 0. The van der Waals surface area contributed by atoms with Crippen LogP contribution in [0.2, 0.25) is 0 Å². The van der Waals surface area contributed by atoms with Gasteiger partial charge in [0.25, 0.3) is 0 Å². The van der Waals surface area contributed by atoms with Gasteiger partial charge in [-0.2, -0.15) is 0 Å². The number of aliphatic hydroxyl groups excluding tert-OH is 4. The van der Waals surface area contributed by atoms with Gasteiger partial charge < -0.3 is 25.5 Å². The molecule has 6 nitrogen and oxygen atoms in total. The summed E-state index contributed by atoms with van der Waals surface area (Å²) < 4.78 is 0. The van der Waals surface area contributed by atoms with Crippen molar-refractivity contribution in [3.8, 4) is 0 Å². The van der Waals surface area contributed by atoms with E-state index in [0.717, 1.165) is 0 Å². The maximum absolute atomic E-state index is 10.7. The molecule has 0 spiro atoms. The quantitative estimate of drug-likeness (QED) is 0.319. The molecule has 0 aromatic carbocycles. The van der Waals surface area contributed by atoms with E-state index in [-0.39, 0.29) is 11.1 Å². The molecule has 0 rings (SSSR count). The van der Waals surface area contributed by atoms with Crippen molar-refractivity contribution in [1.82, 2.24) is 0 Å². The maximum Gasteiger partial charge on any atom is 0.332 e. The molecule has 82 valence electrons. The van der Waals surface area contributed by atoms with Crippen LogP contribution in [0.3, 0.4) is 0 Å². The normalized spacial score (nSPS) is 10.4. The average Bonchev–Trinajstić information content (AvgIpc) is 2.18. The second-order valence-electron chi connectivity index (χ2n) is 2.70. The van der Waals surface area contributed by atoms with Gasteiger partial charge in [0, 0.05) is 11.5 Å². The van der Waals surface area contributed by atoms with Gasteiger partial charge in [-0.1, -0.05) is 0 Å². The van der Waals surface area contributed by atoms with Gasteiger partial charge >= 0.3 is 5.97 Å². The first-order valence-corrected chi connectivity index (χ1v) is 4.00. The van der Waals surface area contributed by atoms with Crippen LogP contribution < -0.4 is 0 Å². The minimum absolute atomic E-state index is 0.106. The second kappa shape index (κ2) is 6.50. The molecular formula is C8H14O6. The Hall–Kier alpha value is -0.950. The largest absolute Gasteiger partial charge is 0.478 e. The Labute approximate surface area is 80.7 Å². The fraction of sp³-hybridized carbons (Fsp3) is 0.625. The van der Waals surface area contributed by atoms with Crippen molar-refractivity contribution in [1.29, 1.82) is 0 Å². The van der Waals surface area contributed by atoms with Gasteiger partial charge in [-0.25, -0.2) is 4.79 Å². The van der Waals surface area contributed by atoms with Gasteiger partial charge in [-0.05, 0) is 5.57 Å². The molecule has 0 aliphatic heterocycles. The fourth-order valence-corrected chi connectivity index (χ4v) is 1.08. The third-order valence-electron chi connectivity index (χ3n) is 1.84. The molecule has 5 N–H and O–H groups in total. The molecule has 0 saturated carbocycles. The monoisotopic (exact) mass is 206 g/mol. The summed E-state index contributed by atoms with van der Waals surface area (Å²) in [5.74, 6) is -2.35. The molecule has 0 fully saturated rings. The first-order valence-electron chi connectivity index (χ1n) is 4.00. The molecule has 0 aliphatic carbocycles. The molecule has 0 heterocycles. The van der Waals surface area contributed by atoms with Crippen molar-refractivity contribution in [3.05, 3.63) is 11.1 Å². The number of hydrogen-bond acceptors (Lipinski definition) is 5. The summed E-state index contributed by atoms with van der Waals surface area (Å²) >= 11 is 0. The lowest BCUT2D eigenvalue weighted by atomic mass is 9.96. The Morgan fingerprint density at radius 2 is 1.43 bits per heavy atom. The number of aliphatic hydroxyl groups is 4. The van der Waals surface area contributed by atoms with Gasteiger partial charge in [0.05, 0.1) is 26.4 Å². The van der Waals surface area contributed by atoms with Gasteiger partial charge in [0.15, 0.2) is 0 Å². The third kappa shape index (κ3) is 3.08. The van der Waals surface area contributed by atoms with Crippen molar-refractivity contribution in [2.24, 2.45) is 5.92 Å². The highest BCUT2D eigenvalue weighted by Gasteiger charge is 2.22. The molecular weight excluding hydrogens is 192 g/mol. The van der Waals surface area contributed by atoms with E-state index in [0.29, 0.717) is 0 Å². The van der Waals surface area contributed by atoms with Gasteiger partial charge in [-0.15, -0.1) is 0 Å². The molecule has 14 heavy (non-hydrogen) atoms. The van der Waals surface area contributed by atoms with E-state index in [1.54, 1.807) is 0 Å². The average molecular weight is 206 g/mol. The topological polar surface area (TPSA) is 118 Å². The number of carbonyl (C=O) groups is 1. The molecule has 0 aromatic rings. The van der Waals surface area contributed by atoms with Crippen molar-refractivity contribution >= 4 is 5.97 Å². The number of carboxylic acid groups (broad SMARTS) is 1. The lowest BCUT2D eigenvalue weighted by Crippen LogP contribution is -2.23. The number of aliphatic carboxylic acids is 1. The van der Waals surface area contributed by atoms with E-state index in [4.69, 9.17) is 25.5 Å². The summed E-state index contributed by atoms with van der Waals surface area (Å²) in [5.41, 5.74) is -0.439. The Morgan fingerprint density at radius 1 is 1.00 bits per heavy atom. The SMILES string of the molecule is O=C(O)C(=C(CO)CO)C(CO)CO. The van der Waals surface area contributed by atoms with E-state index >= 15 is 0 Å². The summed E-state index contributed by atoms with van der Waals surface area (Å²) in [4.78, 5) is 10.7. The summed E-state index contributed by atoms with van der Waals surface area (Å²) in [6.45, 7) is -2.34. The van der Waals surface area contributed by atoms with Crippen molar-refractivity contribution < 1.29 is 30.3 Å². The molecule has 0 aliphatic rings. The Morgan fingerprint density at radius 3 is 1.64 bits per heavy atom. The van der Waals surface area contributed by atoms with Crippen LogP contribution in [0.4, 0.5) is 0 Å². The first-order chi connectivity index (χ1) is 6.62. The van der Waals surface area contributed by atoms with Crippen molar-refractivity contribution in [2.75, 3.05) is 26.4 Å². The summed E-state index contributed by atoms with van der Waals surface area (Å²) in [7, 11) is 0. The van der Waals surface area contributed by atoms with E-state index in [1.165, 1.54) is 0 Å². The smallest absolute Gasteiger partial charge is 0.332 e. The standard InChI is InChI=1S/C8H14O6/c9-1-5(2-10)7(8(13)14)6(3-11)4-12/h5,9-12H,1-4H2,(H,13,14). The highest BCUT2D eigenvalue weighted by Crippen LogP contribution is 2.15. The maximum atomic E-state index is 10.7. The zero-order valence-corrected chi connectivity index (χ0v) is 7.55. The minimum atomic E-state index is -1.36. The minimum Gasteiger partial charge on any atom is -0.478 e. The first kappa shape index (κ1) is 13.1. The number of hydrogen-bond donors (Lipinski definition) is 5. The predicted molar refractivity (Wildman–Crippen MR) is 46.5 cm³/mol. The number of rotatable bonds is 6. The van der Waals surface area contributed by atoms with Crippen LogP contribution in [0, 0.1) is 5.92 Å². The van der Waals surface area contributed by atoms with Crippen LogP contribution in [0.1, 0.15) is 0 Å². The Balaban J connectivity index is 5.08. The summed E-state index contributed by atoms with van der Waals surface area (Å²) in [6.07, 6.45) is 0. The van der Waals surface area contributed by atoms with Crippen molar-refractivity contribution in [3.63, 3.8) is 0 Å². The second-order valence-corrected chi connectivity index (χ2v) is 2.70. The molecule has 0 amide bonds. The van der Waals surface area contributed by atoms with Crippen LogP contribution in [0.25, 0.3) is 0 Å². The lowest BCUT2D eigenvalue weighted by Gasteiger charge is -2.15. The van der Waals surface area contributed by atoms with Gasteiger partial charge in [-0.3, -0.25) is 0 Å². The molecule has 0 unspecified atom stereocenters. The zero-order valence-electron chi connectivity index (χ0n) is 7.55. The third-order valence-corrected chi connectivity index (χ3v) is 1.84. The van der Waals surface area contributed by atoms with Crippen molar-refractivity contribution in [2.45, 2.75) is 0 Å². The van der Waals surface area contributed by atoms with E-state index in [9.17, 15) is 4.79 Å². The van der Waals surface area contributed by atoms with Crippen LogP contribution >= 0.6 is 0 Å². The van der Waals surface area contributed by atoms with Crippen LogP contribution in [-0.2, 0) is 4.79 Å². The predicted octanol–water partition coefficient (Wildman–Crippen LogP) is -2.05. The summed E-state index contributed by atoms with van der Waals surface area (Å²) in [5, 5.41) is 43.7. The molecule has 0 saturated heterocycles. The van der Waals surface area contributed by atoms with Gasteiger partial charge in [0.1, 0.15) is 0 Å². The Bertz CT molecular complexity index is 212. The fourth-order valence-electron chi connectivity index (χ4n) is 1.08. The Kier molecular flexibility index (Phi) is 6.06. The molecule has 0 bridgehead atoms.